The molecule has 0 atom stereocenters. The molecule has 20 heavy (non-hydrogen) atoms. The van der Waals surface area contributed by atoms with Crippen LogP contribution in [0.3, 0.4) is 0 Å². The van der Waals surface area contributed by atoms with E-state index in [-0.39, 0.29) is 0 Å². The zero-order valence-corrected chi connectivity index (χ0v) is 11.8. The molecule has 0 aliphatic carbocycles. The van der Waals surface area contributed by atoms with Gasteiger partial charge in [0.25, 0.3) is 0 Å². The van der Waals surface area contributed by atoms with Gasteiger partial charge in [0.1, 0.15) is 5.65 Å². The maximum Gasteiger partial charge on any atom is 0.137 e. The summed E-state index contributed by atoms with van der Waals surface area (Å²) >= 11 is 0. The fourth-order valence-electron chi connectivity index (χ4n) is 2.76. The van der Waals surface area contributed by atoms with Gasteiger partial charge in [-0.3, -0.25) is 4.90 Å². The normalized spacial score (nSPS) is 17.9. The Morgan fingerprint density at radius 2 is 1.90 bits per heavy atom. The van der Waals surface area contributed by atoms with Gasteiger partial charge in [0.05, 0.1) is 5.69 Å². The lowest BCUT2D eigenvalue weighted by Crippen LogP contribution is -2.46. The van der Waals surface area contributed by atoms with Gasteiger partial charge < -0.3 is 14.4 Å². The first-order valence-electron chi connectivity index (χ1n) is 7.33. The van der Waals surface area contributed by atoms with Gasteiger partial charge in [-0.05, 0) is 18.6 Å². The Bertz CT molecular complexity index is 513. The Labute approximate surface area is 119 Å². The first-order valence-corrected chi connectivity index (χ1v) is 7.33. The van der Waals surface area contributed by atoms with Gasteiger partial charge in [-0.15, -0.1) is 0 Å². The van der Waals surface area contributed by atoms with Crippen molar-refractivity contribution in [3.05, 3.63) is 36.3 Å². The summed E-state index contributed by atoms with van der Waals surface area (Å²) < 4.78 is 2.08. The molecule has 0 amide bonds. The Morgan fingerprint density at radius 1 is 1.10 bits per heavy atom. The minimum absolute atomic E-state index is 0.293. The van der Waals surface area contributed by atoms with Gasteiger partial charge in [-0.1, -0.05) is 6.07 Å². The summed E-state index contributed by atoms with van der Waals surface area (Å²) in [5, 5.41) is 8.87. The summed E-state index contributed by atoms with van der Waals surface area (Å²) in [6.07, 6.45) is 5.04. The fraction of sp³-hybridized carbons (Fsp3) is 0.533. The third kappa shape index (κ3) is 3.17. The van der Waals surface area contributed by atoms with Crippen molar-refractivity contribution >= 4 is 5.65 Å². The molecule has 0 radical (unpaired) electrons. The summed E-state index contributed by atoms with van der Waals surface area (Å²) in [6.45, 7) is 6.58. The molecule has 108 valence electrons. The number of hydrogen-bond acceptors (Lipinski definition) is 4. The van der Waals surface area contributed by atoms with E-state index in [1.807, 2.05) is 24.4 Å². The number of hydrogen-bond donors (Lipinski definition) is 1. The number of nitrogens with zero attached hydrogens (tertiary/aromatic N) is 4. The summed E-state index contributed by atoms with van der Waals surface area (Å²) in [5.41, 5.74) is 2.16. The zero-order valence-electron chi connectivity index (χ0n) is 11.8. The van der Waals surface area contributed by atoms with Crippen LogP contribution in [-0.4, -0.2) is 63.6 Å². The standard InChI is InChI=1S/C15H22N4O/c20-11-3-5-17-7-9-18(10-8-17)12-14-13-19-6-2-1-4-15(19)16-14/h1-2,4,6,13,20H,3,5,7-12H2. The number of aliphatic hydroxyl groups excluding tert-OH is 1. The molecule has 1 fully saturated rings. The van der Waals surface area contributed by atoms with Gasteiger partial charge in [-0.2, -0.15) is 0 Å². The molecule has 1 saturated heterocycles. The van der Waals surface area contributed by atoms with Crippen LogP contribution in [0.5, 0.6) is 0 Å². The molecular weight excluding hydrogens is 252 g/mol. The highest BCUT2D eigenvalue weighted by molar-refractivity contribution is 5.39. The summed E-state index contributed by atoms with van der Waals surface area (Å²) in [7, 11) is 0. The Hall–Kier alpha value is -1.43. The molecule has 0 aromatic carbocycles. The average Bonchev–Trinajstić information content (AvgIpc) is 2.89. The predicted octanol–water partition coefficient (Wildman–Crippen LogP) is 0.834. The topological polar surface area (TPSA) is 44.0 Å². The van der Waals surface area contributed by atoms with E-state index in [2.05, 4.69) is 25.4 Å². The van der Waals surface area contributed by atoms with Gasteiger partial charge in [0.2, 0.25) is 0 Å². The molecule has 0 saturated carbocycles. The van der Waals surface area contributed by atoms with E-state index in [0.717, 1.165) is 57.0 Å². The van der Waals surface area contributed by atoms with Crippen LogP contribution in [-0.2, 0) is 6.54 Å². The number of rotatable bonds is 5. The number of imidazole rings is 1. The Kier molecular flexibility index (Phi) is 4.30. The molecule has 5 heteroatoms. The molecule has 0 unspecified atom stereocenters. The van der Waals surface area contributed by atoms with Crippen molar-refractivity contribution in [2.75, 3.05) is 39.3 Å². The lowest BCUT2D eigenvalue weighted by molar-refractivity contribution is 0.119. The lowest BCUT2D eigenvalue weighted by atomic mass is 10.3. The number of fused-ring (bicyclic) bond motifs is 1. The van der Waals surface area contributed by atoms with Crippen molar-refractivity contribution in [2.24, 2.45) is 0 Å². The van der Waals surface area contributed by atoms with Gasteiger partial charge in [0.15, 0.2) is 0 Å². The van der Waals surface area contributed by atoms with E-state index in [4.69, 9.17) is 5.11 Å². The zero-order chi connectivity index (χ0) is 13.8. The number of piperazine rings is 1. The molecule has 1 aliphatic rings. The smallest absolute Gasteiger partial charge is 0.137 e. The summed E-state index contributed by atoms with van der Waals surface area (Å²) in [4.78, 5) is 9.53. The number of aliphatic hydroxyl groups is 1. The Balaban J connectivity index is 1.54. The van der Waals surface area contributed by atoms with Crippen molar-refractivity contribution in [1.29, 1.82) is 0 Å². The average molecular weight is 274 g/mol. The highest BCUT2D eigenvalue weighted by Crippen LogP contribution is 2.10. The summed E-state index contributed by atoms with van der Waals surface area (Å²) in [6, 6.07) is 6.08. The molecule has 1 aliphatic heterocycles. The van der Waals surface area contributed by atoms with Crippen LogP contribution in [0.4, 0.5) is 0 Å². The lowest BCUT2D eigenvalue weighted by Gasteiger charge is -2.34. The van der Waals surface area contributed by atoms with Crippen molar-refractivity contribution < 1.29 is 5.11 Å². The van der Waals surface area contributed by atoms with Gasteiger partial charge in [-0.25, -0.2) is 4.98 Å². The van der Waals surface area contributed by atoms with E-state index < -0.39 is 0 Å². The van der Waals surface area contributed by atoms with Crippen LogP contribution in [0.1, 0.15) is 12.1 Å². The van der Waals surface area contributed by atoms with Crippen molar-refractivity contribution in [3.8, 4) is 0 Å². The highest BCUT2D eigenvalue weighted by atomic mass is 16.3. The van der Waals surface area contributed by atoms with E-state index in [0.29, 0.717) is 6.61 Å². The molecule has 5 nitrogen and oxygen atoms in total. The second-order valence-corrected chi connectivity index (χ2v) is 5.39. The number of pyridine rings is 1. The van der Waals surface area contributed by atoms with E-state index in [1.165, 1.54) is 0 Å². The molecule has 3 heterocycles. The highest BCUT2D eigenvalue weighted by Gasteiger charge is 2.17. The van der Waals surface area contributed by atoms with Crippen LogP contribution < -0.4 is 0 Å². The molecule has 0 spiro atoms. The molecule has 3 rings (SSSR count). The van der Waals surface area contributed by atoms with Crippen LogP contribution in [0.25, 0.3) is 5.65 Å². The van der Waals surface area contributed by atoms with E-state index in [9.17, 15) is 0 Å². The van der Waals surface area contributed by atoms with E-state index >= 15 is 0 Å². The van der Waals surface area contributed by atoms with Crippen LogP contribution in [0, 0.1) is 0 Å². The largest absolute Gasteiger partial charge is 0.396 e. The van der Waals surface area contributed by atoms with E-state index in [1.54, 1.807) is 0 Å². The van der Waals surface area contributed by atoms with Crippen LogP contribution >= 0.6 is 0 Å². The van der Waals surface area contributed by atoms with Crippen molar-refractivity contribution in [1.82, 2.24) is 19.2 Å². The second-order valence-electron chi connectivity index (χ2n) is 5.39. The first kappa shape index (κ1) is 13.5. The van der Waals surface area contributed by atoms with Crippen molar-refractivity contribution in [3.63, 3.8) is 0 Å². The third-order valence-corrected chi connectivity index (χ3v) is 3.90. The molecule has 2 aromatic rings. The monoisotopic (exact) mass is 274 g/mol. The maximum atomic E-state index is 8.87. The maximum absolute atomic E-state index is 8.87. The quantitative estimate of drug-likeness (QED) is 0.877. The first-order chi connectivity index (χ1) is 9.85. The molecule has 1 N–H and O–H groups in total. The van der Waals surface area contributed by atoms with Gasteiger partial charge in [0, 0.05) is 58.3 Å². The van der Waals surface area contributed by atoms with Crippen LogP contribution in [0.15, 0.2) is 30.6 Å². The fourth-order valence-corrected chi connectivity index (χ4v) is 2.76. The third-order valence-electron chi connectivity index (χ3n) is 3.90. The molecular formula is C15H22N4O. The summed E-state index contributed by atoms with van der Waals surface area (Å²) in [5.74, 6) is 0. The minimum Gasteiger partial charge on any atom is -0.396 e. The van der Waals surface area contributed by atoms with Gasteiger partial charge >= 0.3 is 0 Å². The minimum atomic E-state index is 0.293. The molecule has 0 bridgehead atoms. The Morgan fingerprint density at radius 3 is 2.65 bits per heavy atom. The van der Waals surface area contributed by atoms with Crippen molar-refractivity contribution in [2.45, 2.75) is 13.0 Å². The second kappa shape index (κ2) is 6.35. The SMILES string of the molecule is OCCCN1CCN(Cc2cn3ccccc3n2)CC1. The number of aromatic nitrogens is 2. The van der Waals surface area contributed by atoms with Crippen LogP contribution in [0.2, 0.25) is 0 Å². The molecule has 2 aromatic heterocycles. The predicted molar refractivity (Wildman–Crippen MR) is 78.6 cm³/mol.